The molecule has 6 heteroatoms. The van der Waals surface area contributed by atoms with E-state index < -0.39 is 0 Å². The minimum atomic E-state index is 0.135. The minimum Gasteiger partial charge on any atom is -0.383 e. The second kappa shape index (κ2) is 9.08. The number of nitrogens with zero attached hydrogens (tertiary/aromatic N) is 4. The molecule has 0 N–H and O–H groups in total. The summed E-state index contributed by atoms with van der Waals surface area (Å²) >= 11 is 0. The number of hydrogen-bond donors (Lipinski definition) is 0. The summed E-state index contributed by atoms with van der Waals surface area (Å²) in [6, 6.07) is 2.10. The van der Waals surface area contributed by atoms with Crippen LogP contribution in [0.5, 0.6) is 0 Å². The zero-order valence-electron chi connectivity index (χ0n) is 15.4. The highest BCUT2D eigenvalue weighted by molar-refractivity contribution is 5.75. The van der Waals surface area contributed by atoms with Gasteiger partial charge in [-0.15, -0.1) is 0 Å². The van der Waals surface area contributed by atoms with E-state index in [1.807, 2.05) is 6.92 Å². The van der Waals surface area contributed by atoms with Crippen LogP contribution in [0.2, 0.25) is 0 Å². The number of piperidine rings is 1. The summed E-state index contributed by atoms with van der Waals surface area (Å²) in [4.78, 5) is 25.1. The highest BCUT2D eigenvalue weighted by Gasteiger charge is 2.23. The predicted octanol–water partition coefficient (Wildman–Crippen LogP) is 1.63. The summed E-state index contributed by atoms with van der Waals surface area (Å²) in [5, 5.41) is 0. The Labute approximate surface area is 145 Å². The summed E-state index contributed by atoms with van der Waals surface area (Å²) in [5.41, 5.74) is 2.10. The molecule has 1 aromatic heterocycles. The number of methoxy groups -OCH3 is 1. The van der Waals surface area contributed by atoms with E-state index in [2.05, 4.69) is 20.9 Å². The summed E-state index contributed by atoms with van der Waals surface area (Å²) < 4.78 is 5.19. The van der Waals surface area contributed by atoms with Crippen LogP contribution < -0.4 is 0 Å². The van der Waals surface area contributed by atoms with Crippen LogP contribution in [0.25, 0.3) is 0 Å². The lowest BCUT2D eigenvalue weighted by Gasteiger charge is -2.32. The van der Waals surface area contributed by atoms with Gasteiger partial charge in [0.15, 0.2) is 0 Å². The van der Waals surface area contributed by atoms with Gasteiger partial charge >= 0.3 is 0 Å². The Morgan fingerprint density at radius 3 is 2.92 bits per heavy atom. The van der Waals surface area contributed by atoms with Crippen molar-refractivity contribution in [2.24, 2.45) is 0 Å². The predicted molar refractivity (Wildman–Crippen MR) is 94.1 cm³/mol. The SMILES string of the molecule is COCCN1CCCC(c2cc(CCC(=O)N(C)C)nc(C)n2)C1. The molecule has 1 saturated heterocycles. The zero-order chi connectivity index (χ0) is 17.5. The molecule has 1 aromatic rings. The number of aryl methyl sites for hydroxylation is 2. The van der Waals surface area contributed by atoms with Gasteiger partial charge in [0, 0.05) is 58.0 Å². The van der Waals surface area contributed by atoms with Crippen molar-refractivity contribution < 1.29 is 9.53 Å². The average Bonchev–Trinajstić information content (AvgIpc) is 2.57. The van der Waals surface area contributed by atoms with Gasteiger partial charge < -0.3 is 14.5 Å². The van der Waals surface area contributed by atoms with E-state index in [-0.39, 0.29) is 5.91 Å². The summed E-state index contributed by atoms with van der Waals surface area (Å²) in [6.07, 6.45) is 3.52. The maximum atomic E-state index is 11.8. The monoisotopic (exact) mass is 334 g/mol. The van der Waals surface area contributed by atoms with Gasteiger partial charge in [-0.2, -0.15) is 0 Å². The Hall–Kier alpha value is -1.53. The van der Waals surface area contributed by atoms with Gasteiger partial charge in [0.05, 0.1) is 6.61 Å². The van der Waals surface area contributed by atoms with Crippen LogP contribution in [-0.2, 0) is 16.0 Å². The van der Waals surface area contributed by atoms with Gasteiger partial charge in [-0.1, -0.05) is 0 Å². The number of carbonyl (C=O) groups is 1. The number of likely N-dealkylation sites (tertiary alicyclic amines) is 1. The Balaban J connectivity index is 2.03. The van der Waals surface area contributed by atoms with E-state index in [0.29, 0.717) is 18.8 Å². The quantitative estimate of drug-likeness (QED) is 0.758. The Kier molecular flexibility index (Phi) is 7.12. The normalized spacial score (nSPS) is 18.6. The molecule has 1 amide bonds. The molecule has 1 fully saturated rings. The molecule has 0 saturated carbocycles. The van der Waals surface area contributed by atoms with Crippen LogP contribution in [0.15, 0.2) is 6.07 Å². The fraction of sp³-hybridized carbons (Fsp3) is 0.722. The van der Waals surface area contributed by atoms with E-state index in [9.17, 15) is 4.79 Å². The molecule has 134 valence electrons. The van der Waals surface area contributed by atoms with Crippen LogP contribution in [0.1, 0.15) is 42.4 Å². The van der Waals surface area contributed by atoms with E-state index in [1.54, 1.807) is 26.1 Å². The number of carbonyl (C=O) groups excluding carboxylic acids is 1. The van der Waals surface area contributed by atoms with Crippen molar-refractivity contribution in [2.45, 2.75) is 38.5 Å². The second-order valence-electron chi connectivity index (χ2n) is 6.75. The topological polar surface area (TPSA) is 58.6 Å². The number of ether oxygens (including phenoxy) is 1. The van der Waals surface area contributed by atoms with E-state index >= 15 is 0 Å². The van der Waals surface area contributed by atoms with Crippen molar-refractivity contribution >= 4 is 5.91 Å². The summed E-state index contributed by atoms with van der Waals surface area (Å²) in [7, 11) is 5.32. The molecule has 2 rings (SSSR count). The van der Waals surface area contributed by atoms with E-state index in [0.717, 1.165) is 49.9 Å². The van der Waals surface area contributed by atoms with Crippen LogP contribution in [0.3, 0.4) is 0 Å². The highest BCUT2D eigenvalue weighted by Crippen LogP contribution is 2.26. The summed E-state index contributed by atoms with van der Waals surface area (Å²) in [6.45, 7) is 5.84. The molecular formula is C18H30N4O2. The third kappa shape index (κ3) is 5.53. The lowest BCUT2D eigenvalue weighted by molar-refractivity contribution is -0.128. The number of hydrogen-bond acceptors (Lipinski definition) is 5. The van der Waals surface area contributed by atoms with Gasteiger partial charge in [-0.25, -0.2) is 9.97 Å². The molecule has 1 unspecified atom stereocenters. The average molecular weight is 334 g/mol. The Bertz CT molecular complexity index is 548. The van der Waals surface area contributed by atoms with Crippen molar-refractivity contribution in [2.75, 3.05) is 47.4 Å². The molecule has 1 aliphatic rings. The maximum absolute atomic E-state index is 11.8. The largest absolute Gasteiger partial charge is 0.383 e. The molecule has 1 atom stereocenters. The second-order valence-corrected chi connectivity index (χ2v) is 6.75. The first-order valence-electron chi connectivity index (χ1n) is 8.75. The standard InChI is InChI=1S/C18H30N4O2/c1-14-19-16(7-8-18(23)21(2)3)12-17(20-14)15-6-5-9-22(13-15)10-11-24-4/h12,15H,5-11,13H2,1-4H3. The van der Waals surface area contributed by atoms with Crippen molar-refractivity contribution in [3.63, 3.8) is 0 Å². The highest BCUT2D eigenvalue weighted by atomic mass is 16.5. The molecule has 0 aromatic carbocycles. The van der Waals surface area contributed by atoms with Crippen LogP contribution in [-0.4, -0.2) is 73.1 Å². The van der Waals surface area contributed by atoms with Crippen molar-refractivity contribution in [3.05, 3.63) is 23.3 Å². The van der Waals surface area contributed by atoms with Gasteiger partial charge in [-0.3, -0.25) is 4.79 Å². The molecule has 2 heterocycles. The van der Waals surface area contributed by atoms with E-state index in [1.165, 1.54) is 6.42 Å². The van der Waals surface area contributed by atoms with Crippen molar-refractivity contribution in [1.82, 2.24) is 19.8 Å². The molecule has 24 heavy (non-hydrogen) atoms. The van der Waals surface area contributed by atoms with Gasteiger partial charge in [-0.05, 0) is 38.8 Å². The van der Waals surface area contributed by atoms with Crippen LogP contribution in [0, 0.1) is 6.92 Å². The van der Waals surface area contributed by atoms with Gasteiger partial charge in [0.25, 0.3) is 0 Å². The van der Waals surface area contributed by atoms with Crippen molar-refractivity contribution in [3.8, 4) is 0 Å². The molecule has 0 spiro atoms. The fourth-order valence-electron chi connectivity index (χ4n) is 3.17. The third-order valence-electron chi connectivity index (χ3n) is 4.54. The lowest BCUT2D eigenvalue weighted by atomic mass is 9.93. The lowest BCUT2D eigenvalue weighted by Crippen LogP contribution is -2.36. The Morgan fingerprint density at radius 2 is 2.21 bits per heavy atom. The first-order chi connectivity index (χ1) is 11.5. The Morgan fingerprint density at radius 1 is 1.42 bits per heavy atom. The van der Waals surface area contributed by atoms with Gasteiger partial charge in [0.1, 0.15) is 5.82 Å². The smallest absolute Gasteiger partial charge is 0.222 e. The van der Waals surface area contributed by atoms with Gasteiger partial charge in [0.2, 0.25) is 5.91 Å². The molecular weight excluding hydrogens is 304 g/mol. The van der Waals surface area contributed by atoms with Crippen LogP contribution >= 0.6 is 0 Å². The number of aromatic nitrogens is 2. The van der Waals surface area contributed by atoms with Crippen molar-refractivity contribution in [1.29, 1.82) is 0 Å². The molecule has 0 aliphatic carbocycles. The third-order valence-corrected chi connectivity index (χ3v) is 4.54. The first-order valence-corrected chi connectivity index (χ1v) is 8.75. The number of amides is 1. The molecule has 0 radical (unpaired) electrons. The number of rotatable bonds is 7. The maximum Gasteiger partial charge on any atom is 0.222 e. The molecule has 6 nitrogen and oxygen atoms in total. The fourth-order valence-corrected chi connectivity index (χ4v) is 3.17. The first kappa shape index (κ1) is 18.8. The minimum absolute atomic E-state index is 0.135. The molecule has 1 aliphatic heterocycles. The molecule has 0 bridgehead atoms. The zero-order valence-corrected chi connectivity index (χ0v) is 15.4. The summed E-state index contributed by atoms with van der Waals surface area (Å²) in [5.74, 6) is 1.38. The van der Waals surface area contributed by atoms with E-state index in [4.69, 9.17) is 4.74 Å². The van der Waals surface area contributed by atoms with Crippen LogP contribution in [0.4, 0.5) is 0 Å².